The number of nitrogens with zero attached hydrogens (tertiary/aromatic N) is 2. The molecule has 0 spiro atoms. The molecule has 0 saturated heterocycles. The van der Waals surface area contributed by atoms with Gasteiger partial charge in [-0.2, -0.15) is 11.8 Å². The predicted molar refractivity (Wildman–Crippen MR) is 67.7 cm³/mol. The molecule has 0 bridgehead atoms. The fourth-order valence-corrected chi connectivity index (χ4v) is 2.00. The van der Waals surface area contributed by atoms with Crippen molar-refractivity contribution >= 4 is 11.8 Å². The number of hydrogen-bond donors (Lipinski definition) is 1. The van der Waals surface area contributed by atoms with Gasteiger partial charge in [0.15, 0.2) is 0 Å². The Kier molecular flexibility index (Phi) is 4.56. The van der Waals surface area contributed by atoms with Gasteiger partial charge in [-0.25, -0.2) is 4.98 Å². The summed E-state index contributed by atoms with van der Waals surface area (Å²) in [5.74, 6) is 1.32. The molecule has 0 aliphatic rings. The normalized spacial score (nSPS) is 13.6. The molecule has 2 N–H and O–H groups in total. The Hall–Kier alpha value is -0.810. The average Bonchev–Trinajstić information content (AvgIpc) is 2.25. The van der Waals surface area contributed by atoms with Crippen LogP contribution >= 0.6 is 11.8 Å². The summed E-state index contributed by atoms with van der Waals surface area (Å²) in [7, 11) is 1.58. The SMILES string of the molecule is COc1nccnc1C(N)CSC(C)(C)C. The lowest BCUT2D eigenvalue weighted by molar-refractivity contribution is 0.386. The maximum atomic E-state index is 6.08. The zero-order chi connectivity index (χ0) is 12.2. The molecule has 0 aliphatic carbocycles. The molecule has 0 amide bonds. The number of thioether (sulfide) groups is 1. The van der Waals surface area contributed by atoms with Gasteiger partial charge < -0.3 is 10.5 Å². The highest BCUT2D eigenvalue weighted by Gasteiger charge is 2.18. The first kappa shape index (κ1) is 13.3. The molecule has 4 nitrogen and oxygen atoms in total. The molecule has 0 fully saturated rings. The Morgan fingerprint density at radius 1 is 1.38 bits per heavy atom. The smallest absolute Gasteiger partial charge is 0.237 e. The Bertz CT molecular complexity index is 338. The zero-order valence-corrected chi connectivity index (χ0v) is 11.0. The Morgan fingerprint density at radius 3 is 2.56 bits per heavy atom. The van der Waals surface area contributed by atoms with Crippen molar-refractivity contribution in [3.8, 4) is 5.88 Å². The van der Waals surface area contributed by atoms with Gasteiger partial charge in [0, 0.05) is 22.9 Å². The van der Waals surface area contributed by atoms with E-state index >= 15 is 0 Å². The van der Waals surface area contributed by atoms with Gasteiger partial charge in [-0.05, 0) is 0 Å². The lowest BCUT2D eigenvalue weighted by atomic mass is 10.2. The Labute approximate surface area is 101 Å². The van der Waals surface area contributed by atoms with Crippen molar-refractivity contribution in [1.82, 2.24) is 9.97 Å². The van der Waals surface area contributed by atoms with E-state index in [-0.39, 0.29) is 10.8 Å². The summed E-state index contributed by atoms with van der Waals surface area (Å²) in [6, 6.07) is -0.145. The minimum atomic E-state index is -0.145. The van der Waals surface area contributed by atoms with Gasteiger partial charge in [-0.3, -0.25) is 4.98 Å². The van der Waals surface area contributed by atoms with Crippen molar-refractivity contribution in [2.45, 2.75) is 31.6 Å². The van der Waals surface area contributed by atoms with Gasteiger partial charge in [0.2, 0.25) is 5.88 Å². The summed E-state index contributed by atoms with van der Waals surface area (Å²) >= 11 is 1.81. The average molecular weight is 241 g/mol. The largest absolute Gasteiger partial charge is 0.480 e. The van der Waals surface area contributed by atoms with E-state index in [2.05, 4.69) is 30.7 Å². The topological polar surface area (TPSA) is 61.0 Å². The lowest BCUT2D eigenvalue weighted by Gasteiger charge is -2.20. The van der Waals surface area contributed by atoms with Crippen molar-refractivity contribution < 1.29 is 4.74 Å². The summed E-state index contributed by atoms with van der Waals surface area (Å²) in [6.07, 6.45) is 3.24. The number of hydrogen-bond acceptors (Lipinski definition) is 5. The maximum absolute atomic E-state index is 6.08. The maximum Gasteiger partial charge on any atom is 0.237 e. The molecule has 0 aromatic carbocycles. The van der Waals surface area contributed by atoms with Crippen molar-refractivity contribution in [1.29, 1.82) is 0 Å². The van der Waals surface area contributed by atoms with Gasteiger partial charge in [0.05, 0.1) is 13.2 Å². The molecule has 1 rings (SSSR count). The summed E-state index contributed by atoms with van der Waals surface area (Å²) in [4.78, 5) is 8.31. The van der Waals surface area contributed by atoms with Crippen molar-refractivity contribution in [2.24, 2.45) is 5.73 Å². The first-order chi connectivity index (χ1) is 7.44. The highest BCUT2D eigenvalue weighted by atomic mass is 32.2. The van der Waals surface area contributed by atoms with Crippen LogP contribution in [-0.2, 0) is 0 Å². The molecule has 0 radical (unpaired) electrons. The number of aromatic nitrogens is 2. The van der Waals surface area contributed by atoms with E-state index < -0.39 is 0 Å². The van der Waals surface area contributed by atoms with Gasteiger partial charge in [-0.1, -0.05) is 20.8 Å². The second-order valence-electron chi connectivity index (χ2n) is 4.48. The van der Waals surface area contributed by atoms with E-state index in [4.69, 9.17) is 10.5 Å². The van der Waals surface area contributed by atoms with Crippen molar-refractivity contribution in [3.63, 3.8) is 0 Å². The number of methoxy groups -OCH3 is 1. The van der Waals surface area contributed by atoms with Crippen LogP contribution in [0.5, 0.6) is 5.88 Å². The van der Waals surface area contributed by atoms with E-state index in [1.807, 2.05) is 11.8 Å². The second-order valence-corrected chi connectivity index (χ2v) is 6.33. The molecule has 0 aliphatic heterocycles. The monoisotopic (exact) mass is 241 g/mol. The highest BCUT2D eigenvalue weighted by Crippen LogP contribution is 2.28. The van der Waals surface area contributed by atoms with E-state index in [9.17, 15) is 0 Å². The van der Waals surface area contributed by atoms with Gasteiger partial charge in [0.1, 0.15) is 5.69 Å². The summed E-state index contributed by atoms with van der Waals surface area (Å²) in [5, 5.41) is 0. The molecular formula is C11H19N3OS. The van der Waals surface area contributed by atoms with Gasteiger partial charge in [0.25, 0.3) is 0 Å². The lowest BCUT2D eigenvalue weighted by Crippen LogP contribution is -2.20. The first-order valence-corrected chi connectivity index (χ1v) is 6.17. The van der Waals surface area contributed by atoms with Crippen LogP contribution in [0.4, 0.5) is 0 Å². The standard InChI is InChI=1S/C11H19N3OS/c1-11(2,3)16-7-8(12)9-10(15-4)14-6-5-13-9/h5-6,8H,7,12H2,1-4H3. The first-order valence-electron chi connectivity index (χ1n) is 5.18. The minimum absolute atomic E-state index is 0.145. The molecule has 90 valence electrons. The summed E-state index contributed by atoms with van der Waals surface area (Å²) in [6.45, 7) is 6.49. The molecule has 1 aromatic heterocycles. The zero-order valence-electron chi connectivity index (χ0n) is 10.2. The molecule has 0 saturated carbocycles. The molecule has 1 atom stereocenters. The van der Waals surface area contributed by atoms with Crippen LogP contribution in [-0.4, -0.2) is 27.6 Å². The van der Waals surface area contributed by atoms with E-state index in [0.29, 0.717) is 5.88 Å². The van der Waals surface area contributed by atoms with Crippen LogP contribution < -0.4 is 10.5 Å². The fraction of sp³-hybridized carbons (Fsp3) is 0.636. The molecule has 1 aromatic rings. The number of rotatable bonds is 4. The summed E-state index contributed by atoms with van der Waals surface area (Å²) < 4.78 is 5.34. The molecule has 1 heterocycles. The van der Waals surface area contributed by atoms with E-state index in [0.717, 1.165) is 11.4 Å². The van der Waals surface area contributed by atoms with Crippen LogP contribution in [0.2, 0.25) is 0 Å². The van der Waals surface area contributed by atoms with E-state index in [1.165, 1.54) is 0 Å². The molecule has 16 heavy (non-hydrogen) atoms. The number of ether oxygens (including phenoxy) is 1. The third-order valence-electron chi connectivity index (χ3n) is 1.93. The van der Waals surface area contributed by atoms with E-state index in [1.54, 1.807) is 19.5 Å². The van der Waals surface area contributed by atoms with Crippen LogP contribution in [0, 0.1) is 0 Å². The minimum Gasteiger partial charge on any atom is -0.480 e. The van der Waals surface area contributed by atoms with Crippen LogP contribution in [0.1, 0.15) is 32.5 Å². The third kappa shape index (κ3) is 3.98. The third-order valence-corrected chi connectivity index (χ3v) is 3.32. The molecule has 1 unspecified atom stereocenters. The van der Waals surface area contributed by atoms with Gasteiger partial charge >= 0.3 is 0 Å². The van der Waals surface area contributed by atoms with Crippen molar-refractivity contribution in [3.05, 3.63) is 18.1 Å². The summed E-state index contributed by atoms with van der Waals surface area (Å²) in [5.41, 5.74) is 6.80. The Morgan fingerprint density at radius 2 is 2.00 bits per heavy atom. The van der Waals surface area contributed by atoms with Gasteiger partial charge in [-0.15, -0.1) is 0 Å². The fourth-order valence-electron chi connectivity index (χ4n) is 1.17. The molecular weight excluding hydrogens is 222 g/mol. The number of nitrogens with two attached hydrogens (primary N) is 1. The van der Waals surface area contributed by atoms with Crippen LogP contribution in [0.3, 0.4) is 0 Å². The highest BCUT2D eigenvalue weighted by molar-refractivity contribution is 8.00. The molecule has 5 heteroatoms. The quantitative estimate of drug-likeness (QED) is 0.873. The second kappa shape index (κ2) is 5.50. The van der Waals surface area contributed by atoms with Crippen molar-refractivity contribution in [2.75, 3.05) is 12.9 Å². The van der Waals surface area contributed by atoms with Crippen LogP contribution in [0.25, 0.3) is 0 Å². The van der Waals surface area contributed by atoms with Crippen LogP contribution in [0.15, 0.2) is 12.4 Å². The Balaban J connectivity index is 2.69. The predicted octanol–water partition coefficient (Wildman–Crippen LogP) is 2.02.